The van der Waals surface area contributed by atoms with Crippen molar-refractivity contribution in [3.8, 4) is 11.5 Å². The maximum Gasteiger partial charge on any atom is 0.501 e. The van der Waals surface area contributed by atoms with Crippen LogP contribution in [0.15, 0.2) is 45.8 Å². The Hall–Kier alpha value is -1.32. The Balaban J connectivity index is 2.40. The SMILES string of the molecule is O=S(=O)(c1ccc(Oc2cc(Cl)ccc2F)c(Br)c1)C(F)(F)F. The van der Waals surface area contributed by atoms with Gasteiger partial charge < -0.3 is 4.74 Å². The van der Waals surface area contributed by atoms with Crippen molar-refractivity contribution in [2.45, 2.75) is 10.4 Å². The van der Waals surface area contributed by atoms with E-state index in [2.05, 4.69) is 15.9 Å². The number of alkyl halides is 3. The first-order chi connectivity index (χ1) is 10.5. The summed E-state index contributed by atoms with van der Waals surface area (Å²) in [5, 5.41) is 0.189. The van der Waals surface area contributed by atoms with Gasteiger partial charge in [0.05, 0.1) is 9.37 Å². The first-order valence-electron chi connectivity index (χ1n) is 5.76. The van der Waals surface area contributed by atoms with E-state index in [9.17, 15) is 26.0 Å². The van der Waals surface area contributed by atoms with Gasteiger partial charge in [0.25, 0.3) is 9.84 Å². The second-order valence-corrected chi connectivity index (χ2v) is 7.45. The quantitative estimate of drug-likeness (QED) is 0.615. The van der Waals surface area contributed by atoms with E-state index in [4.69, 9.17) is 16.3 Å². The maximum atomic E-state index is 13.6. The molecule has 0 bridgehead atoms. The average Bonchev–Trinajstić information content (AvgIpc) is 2.43. The molecule has 0 saturated heterocycles. The highest BCUT2D eigenvalue weighted by Crippen LogP contribution is 2.37. The van der Waals surface area contributed by atoms with Gasteiger partial charge in [-0.1, -0.05) is 11.6 Å². The van der Waals surface area contributed by atoms with Gasteiger partial charge in [-0.15, -0.1) is 0 Å². The van der Waals surface area contributed by atoms with Gasteiger partial charge in [0.2, 0.25) is 0 Å². The van der Waals surface area contributed by atoms with Crippen LogP contribution in [0, 0.1) is 5.82 Å². The molecule has 0 fully saturated rings. The van der Waals surface area contributed by atoms with Gasteiger partial charge in [-0.05, 0) is 46.3 Å². The standard InChI is InChI=1S/C13H6BrClF4O3S/c14-9-6-8(23(20,21)13(17,18)19)2-4-11(9)22-12-5-7(15)1-3-10(12)16/h1-6H. The number of sulfone groups is 1. The van der Waals surface area contributed by atoms with Crippen molar-refractivity contribution in [1.82, 2.24) is 0 Å². The molecule has 0 aliphatic heterocycles. The minimum Gasteiger partial charge on any atom is -0.453 e. The van der Waals surface area contributed by atoms with Crippen LogP contribution in [0.4, 0.5) is 17.6 Å². The highest BCUT2D eigenvalue weighted by Gasteiger charge is 2.47. The van der Waals surface area contributed by atoms with Crippen LogP contribution in [0.1, 0.15) is 0 Å². The molecule has 2 rings (SSSR count). The first-order valence-corrected chi connectivity index (χ1v) is 8.41. The largest absolute Gasteiger partial charge is 0.501 e. The van der Waals surface area contributed by atoms with Crippen LogP contribution in [0.25, 0.3) is 0 Å². The lowest BCUT2D eigenvalue weighted by molar-refractivity contribution is -0.0436. The Morgan fingerprint density at radius 1 is 1.04 bits per heavy atom. The van der Waals surface area contributed by atoms with Crippen LogP contribution in [0.5, 0.6) is 11.5 Å². The number of rotatable bonds is 3. The van der Waals surface area contributed by atoms with E-state index in [-0.39, 0.29) is 21.0 Å². The van der Waals surface area contributed by atoms with Crippen LogP contribution < -0.4 is 4.74 Å². The van der Waals surface area contributed by atoms with E-state index >= 15 is 0 Å². The van der Waals surface area contributed by atoms with Crippen molar-refractivity contribution in [2.75, 3.05) is 0 Å². The van der Waals surface area contributed by atoms with Gasteiger partial charge >= 0.3 is 5.51 Å². The van der Waals surface area contributed by atoms with Crippen molar-refractivity contribution in [3.05, 3.63) is 51.7 Å². The topological polar surface area (TPSA) is 43.4 Å². The molecule has 0 atom stereocenters. The Morgan fingerprint density at radius 2 is 1.70 bits per heavy atom. The summed E-state index contributed by atoms with van der Waals surface area (Å²) in [4.78, 5) is -0.962. The molecule has 10 heteroatoms. The van der Waals surface area contributed by atoms with Crippen LogP contribution in [0.3, 0.4) is 0 Å². The van der Waals surface area contributed by atoms with Crippen LogP contribution in [-0.4, -0.2) is 13.9 Å². The van der Waals surface area contributed by atoms with Gasteiger partial charge in [0.15, 0.2) is 11.6 Å². The van der Waals surface area contributed by atoms with E-state index in [0.717, 1.165) is 18.2 Å². The van der Waals surface area contributed by atoms with Gasteiger partial charge in [-0.2, -0.15) is 13.2 Å². The fourth-order valence-electron chi connectivity index (χ4n) is 1.54. The number of halogens is 6. The monoisotopic (exact) mass is 432 g/mol. The third-order valence-corrected chi connectivity index (χ3v) is 4.97. The molecule has 0 amide bonds. The average molecular weight is 434 g/mol. The summed E-state index contributed by atoms with van der Waals surface area (Å²) in [5.41, 5.74) is -5.42. The molecule has 2 aromatic rings. The summed E-state index contributed by atoms with van der Waals surface area (Å²) in [6.45, 7) is 0. The zero-order valence-electron chi connectivity index (χ0n) is 10.9. The molecule has 23 heavy (non-hydrogen) atoms. The summed E-state index contributed by atoms with van der Waals surface area (Å²) in [5.74, 6) is -1.08. The van der Waals surface area contributed by atoms with Gasteiger partial charge in [0.1, 0.15) is 5.75 Å². The van der Waals surface area contributed by atoms with Crippen LogP contribution in [-0.2, 0) is 9.84 Å². The molecule has 0 saturated carbocycles. The minimum atomic E-state index is -5.48. The lowest BCUT2D eigenvalue weighted by Gasteiger charge is -2.12. The van der Waals surface area contributed by atoms with Crippen LogP contribution >= 0.6 is 27.5 Å². The van der Waals surface area contributed by atoms with Crippen molar-refractivity contribution < 1.29 is 30.7 Å². The molecule has 0 heterocycles. The normalized spacial score (nSPS) is 12.3. The van der Waals surface area contributed by atoms with E-state index in [1.54, 1.807) is 0 Å². The number of benzene rings is 2. The predicted octanol–water partition coefficient (Wildman–Crippen LogP) is 5.33. The number of ether oxygens (including phenoxy) is 1. The Kier molecular flexibility index (Phi) is 4.93. The molecule has 0 spiro atoms. The van der Waals surface area contributed by atoms with Gasteiger partial charge in [0, 0.05) is 11.1 Å². The molecule has 0 aromatic heterocycles. The summed E-state index contributed by atoms with van der Waals surface area (Å²) in [7, 11) is -5.48. The lowest BCUT2D eigenvalue weighted by atomic mass is 10.3. The smallest absolute Gasteiger partial charge is 0.453 e. The Labute approximate surface area is 141 Å². The zero-order valence-corrected chi connectivity index (χ0v) is 14.0. The minimum absolute atomic E-state index is 0.0766. The van der Waals surface area contributed by atoms with Crippen LogP contribution in [0.2, 0.25) is 5.02 Å². The molecule has 3 nitrogen and oxygen atoms in total. The molecule has 124 valence electrons. The lowest BCUT2D eigenvalue weighted by Crippen LogP contribution is -2.23. The first kappa shape index (κ1) is 18.0. The molecule has 0 aliphatic carbocycles. The van der Waals surface area contributed by atoms with Gasteiger partial charge in [-0.25, -0.2) is 12.8 Å². The number of hydrogen-bond donors (Lipinski definition) is 0. The second-order valence-electron chi connectivity index (χ2n) is 4.22. The molecule has 2 aromatic carbocycles. The zero-order chi connectivity index (χ0) is 17.4. The third-order valence-electron chi connectivity index (χ3n) is 2.63. The molecule has 0 radical (unpaired) electrons. The highest BCUT2D eigenvalue weighted by atomic mass is 79.9. The van der Waals surface area contributed by atoms with Gasteiger partial charge in [-0.3, -0.25) is 0 Å². The molecule has 0 aliphatic rings. The van der Waals surface area contributed by atoms with Crippen molar-refractivity contribution in [1.29, 1.82) is 0 Å². The van der Waals surface area contributed by atoms with E-state index in [0.29, 0.717) is 6.07 Å². The fourth-order valence-corrected chi connectivity index (χ4v) is 3.10. The molecular weight excluding hydrogens is 428 g/mol. The Morgan fingerprint density at radius 3 is 2.26 bits per heavy atom. The summed E-state index contributed by atoms with van der Waals surface area (Å²) in [6.07, 6.45) is 0. The van der Waals surface area contributed by atoms with E-state index in [1.165, 1.54) is 12.1 Å². The maximum absolute atomic E-state index is 13.6. The summed E-state index contributed by atoms with van der Waals surface area (Å²) >= 11 is 8.59. The second kappa shape index (κ2) is 6.29. The van der Waals surface area contributed by atoms with E-state index in [1.807, 2.05) is 0 Å². The van der Waals surface area contributed by atoms with E-state index < -0.39 is 26.1 Å². The highest BCUT2D eigenvalue weighted by molar-refractivity contribution is 9.10. The predicted molar refractivity (Wildman–Crippen MR) is 78.9 cm³/mol. The molecule has 0 N–H and O–H groups in total. The van der Waals surface area contributed by atoms with Crippen molar-refractivity contribution in [3.63, 3.8) is 0 Å². The van der Waals surface area contributed by atoms with Crippen molar-refractivity contribution >= 4 is 37.4 Å². The fraction of sp³-hybridized carbons (Fsp3) is 0.0769. The van der Waals surface area contributed by atoms with Crippen molar-refractivity contribution in [2.24, 2.45) is 0 Å². The Bertz CT molecular complexity index is 853. The third kappa shape index (κ3) is 3.78. The summed E-state index contributed by atoms with van der Waals surface area (Å²) in [6, 6.07) is 5.92. The summed E-state index contributed by atoms with van der Waals surface area (Å²) < 4.78 is 78.8. The molecular formula is C13H6BrClF4O3S. The molecule has 0 unspecified atom stereocenters. The number of hydrogen-bond acceptors (Lipinski definition) is 3.